The molecule has 1 saturated carbocycles. The second-order valence-corrected chi connectivity index (χ2v) is 9.13. The van der Waals surface area contributed by atoms with Crippen LogP contribution in [0.1, 0.15) is 50.0 Å². The summed E-state index contributed by atoms with van der Waals surface area (Å²) in [4.78, 5) is 2.25. The maximum absolute atomic E-state index is 13.7. The fourth-order valence-electron chi connectivity index (χ4n) is 4.83. The minimum Gasteiger partial charge on any atom is -0.488 e. The summed E-state index contributed by atoms with van der Waals surface area (Å²) in [6, 6.07) is 16.9. The van der Waals surface area contributed by atoms with Crippen molar-refractivity contribution in [1.82, 2.24) is 4.90 Å². The van der Waals surface area contributed by atoms with Crippen molar-refractivity contribution < 1.29 is 19.3 Å². The number of para-hydroxylation sites is 1. The summed E-state index contributed by atoms with van der Waals surface area (Å²) >= 11 is 0. The van der Waals surface area contributed by atoms with Gasteiger partial charge in [-0.25, -0.2) is 4.39 Å². The van der Waals surface area contributed by atoms with Gasteiger partial charge in [0, 0.05) is 19.6 Å². The third-order valence-electron chi connectivity index (χ3n) is 6.82. The second-order valence-electron chi connectivity index (χ2n) is 9.13. The molecule has 30 heavy (non-hydrogen) atoms. The molecule has 2 N–H and O–H groups in total. The Bertz CT molecular complexity index is 812. The number of piperidine rings is 1. The van der Waals surface area contributed by atoms with Crippen molar-refractivity contribution in [3.8, 4) is 5.75 Å². The van der Waals surface area contributed by atoms with Crippen LogP contribution in [-0.2, 0) is 0 Å². The van der Waals surface area contributed by atoms with Crippen molar-refractivity contribution in [1.29, 1.82) is 0 Å². The Hall–Kier alpha value is -1.95. The standard InChI is InChI=1S/C25H32FNO3/c26-22-8-4-5-9-23(22)30-19-25(29)14-16-27(17-15-25)18-24(28)12-10-21(11-13-24)20-6-2-1-3-7-20/h1-9,21,28-29H,10-19H2. The number of benzene rings is 2. The molecule has 1 heterocycles. The van der Waals surface area contributed by atoms with Crippen LogP contribution in [0.25, 0.3) is 0 Å². The van der Waals surface area contributed by atoms with Gasteiger partial charge < -0.3 is 19.8 Å². The number of rotatable bonds is 6. The lowest BCUT2D eigenvalue weighted by Gasteiger charge is -2.43. The van der Waals surface area contributed by atoms with Crippen LogP contribution < -0.4 is 4.74 Å². The predicted molar refractivity (Wildman–Crippen MR) is 115 cm³/mol. The quantitative estimate of drug-likeness (QED) is 0.748. The molecule has 162 valence electrons. The lowest BCUT2D eigenvalue weighted by Crippen LogP contribution is -2.52. The van der Waals surface area contributed by atoms with Crippen LogP contribution >= 0.6 is 0 Å². The van der Waals surface area contributed by atoms with E-state index in [4.69, 9.17) is 4.74 Å². The predicted octanol–water partition coefficient (Wildman–Crippen LogP) is 4.12. The maximum Gasteiger partial charge on any atom is 0.165 e. The van der Waals surface area contributed by atoms with Crippen LogP contribution in [-0.4, -0.2) is 52.6 Å². The van der Waals surface area contributed by atoms with Crippen LogP contribution in [0.2, 0.25) is 0 Å². The molecule has 4 nitrogen and oxygen atoms in total. The Morgan fingerprint density at radius 3 is 2.17 bits per heavy atom. The zero-order valence-corrected chi connectivity index (χ0v) is 17.5. The summed E-state index contributed by atoms with van der Waals surface area (Å²) in [6.45, 7) is 2.16. The maximum atomic E-state index is 13.7. The molecule has 1 aliphatic heterocycles. The van der Waals surface area contributed by atoms with Crippen molar-refractivity contribution in [2.24, 2.45) is 0 Å². The molecule has 0 radical (unpaired) electrons. The van der Waals surface area contributed by atoms with Gasteiger partial charge in [0.05, 0.1) is 5.60 Å². The zero-order chi connectivity index (χ0) is 21.0. The summed E-state index contributed by atoms with van der Waals surface area (Å²) in [7, 11) is 0. The van der Waals surface area contributed by atoms with E-state index >= 15 is 0 Å². The molecular weight excluding hydrogens is 381 g/mol. The van der Waals surface area contributed by atoms with Crippen LogP contribution in [0.3, 0.4) is 0 Å². The Balaban J connectivity index is 1.24. The summed E-state index contributed by atoms with van der Waals surface area (Å²) in [6.07, 6.45) is 4.76. The molecule has 1 saturated heterocycles. The molecule has 0 unspecified atom stereocenters. The van der Waals surface area contributed by atoms with Crippen molar-refractivity contribution in [2.45, 2.75) is 55.6 Å². The monoisotopic (exact) mass is 413 g/mol. The van der Waals surface area contributed by atoms with Crippen molar-refractivity contribution in [2.75, 3.05) is 26.2 Å². The highest BCUT2D eigenvalue weighted by atomic mass is 19.1. The molecule has 2 aromatic carbocycles. The number of β-amino-alcohol motifs (C(OH)–C–C–N with tert-alkyl or cyclic N) is 1. The third-order valence-corrected chi connectivity index (χ3v) is 6.82. The minimum absolute atomic E-state index is 0.0881. The van der Waals surface area contributed by atoms with Crippen LogP contribution in [0.5, 0.6) is 5.75 Å². The second kappa shape index (κ2) is 9.04. The number of aliphatic hydroxyl groups is 2. The van der Waals surface area contributed by atoms with Gasteiger partial charge in [0.1, 0.15) is 12.2 Å². The molecule has 4 rings (SSSR count). The number of halogens is 1. The molecular formula is C25H32FNO3. The van der Waals surface area contributed by atoms with Crippen LogP contribution in [0, 0.1) is 5.82 Å². The van der Waals surface area contributed by atoms with E-state index in [9.17, 15) is 14.6 Å². The van der Waals surface area contributed by atoms with Gasteiger partial charge in [-0.1, -0.05) is 42.5 Å². The highest BCUT2D eigenvalue weighted by molar-refractivity contribution is 5.24. The third kappa shape index (κ3) is 5.20. The number of nitrogens with zero attached hydrogens (tertiary/aromatic N) is 1. The molecule has 2 aliphatic rings. The Morgan fingerprint density at radius 1 is 0.867 bits per heavy atom. The smallest absolute Gasteiger partial charge is 0.165 e. The normalized spacial score (nSPS) is 27.0. The topological polar surface area (TPSA) is 52.9 Å². The average molecular weight is 414 g/mol. The van der Waals surface area contributed by atoms with Gasteiger partial charge in [-0.3, -0.25) is 0 Å². The molecule has 2 fully saturated rings. The summed E-state index contributed by atoms with van der Waals surface area (Å²) in [5.74, 6) is 0.304. The molecule has 0 aromatic heterocycles. The van der Waals surface area contributed by atoms with Gasteiger partial charge in [-0.05, 0) is 62.1 Å². The number of hydrogen-bond donors (Lipinski definition) is 2. The highest BCUT2D eigenvalue weighted by Gasteiger charge is 2.39. The molecule has 0 spiro atoms. The molecule has 0 amide bonds. The van der Waals surface area contributed by atoms with E-state index in [0.717, 1.165) is 25.7 Å². The lowest BCUT2D eigenvalue weighted by molar-refractivity contribution is -0.0789. The fourth-order valence-corrected chi connectivity index (χ4v) is 4.83. The first-order chi connectivity index (χ1) is 14.4. The Labute approximate surface area is 178 Å². The highest BCUT2D eigenvalue weighted by Crippen LogP contribution is 2.39. The van der Waals surface area contributed by atoms with Gasteiger partial charge in [0.2, 0.25) is 0 Å². The van der Waals surface area contributed by atoms with E-state index in [0.29, 0.717) is 38.4 Å². The molecule has 0 atom stereocenters. The van der Waals surface area contributed by atoms with Gasteiger partial charge >= 0.3 is 0 Å². The minimum atomic E-state index is -0.952. The largest absolute Gasteiger partial charge is 0.488 e. The first-order valence-electron chi connectivity index (χ1n) is 11.0. The lowest BCUT2D eigenvalue weighted by atomic mass is 9.75. The average Bonchev–Trinajstić information content (AvgIpc) is 2.76. The van der Waals surface area contributed by atoms with E-state index in [2.05, 4.69) is 29.2 Å². The summed E-state index contributed by atoms with van der Waals surface area (Å²) in [5, 5.41) is 22.0. The van der Waals surface area contributed by atoms with Crippen molar-refractivity contribution in [3.63, 3.8) is 0 Å². The SMILES string of the molecule is OC1(COc2ccccc2F)CCN(CC2(O)CCC(c3ccccc3)CC2)CC1. The van der Waals surface area contributed by atoms with Gasteiger partial charge in [-0.15, -0.1) is 0 Å². The van der Waals surface area contributed by atoms with E-state index < -0.39 is 17.0 Å². The molecule has 2 aromatic rings. The van der Waals surface area contributed by atoms with Crippen molar-refractivity contribution >= 4 is 0 Å². The van der Waals surface area contributed by atoms with Crippen molar-refractivity contribution in [3.05, 3.63) is 66.0 Å². The van der Waals surface area contributed by atoms with Gasteiger partial charge in [-0.2, -0.15) is 0 Å². The first-order valence-corrected chi connectivity index (χ1v) is 11.0. The first kappa shape index (κ1) is 21.3. The van der Waals surface area contributed by atoms with Crippen LogP contribution in [0.15, 0.2) is 54.6 Å². The van der Waals surface area contributed by atoms with E-state index in [1.165, 1.54) is 11.6 Å². The molecule has 0 bridgehead atoms. The van der Waals surface area contributed by atoms with E-state index in [-0.39, 0.29) is 12.4 Å². The number of likely N-dealkylation sites (tertiary alicyclic amines) is 1. The fraction of sp³-hybridized carbons (Fsp3) is 0.520. The van der Waals surface area contributed by atoms with E-state index in [1.54, 1.807) is 18.2 Å². The van der Waals surface area contributed by atoms with Crippen LogP contribution in [0.4, 0.5) is 4.39 Å². The van der Waals surface area contributed by atoms with Gasteiger partial charge in [0.15, 0.2) is 11.6 Å². The number of hydrogen-bond acceptors (Lipinski definition) is 4. The Morgan fingerprint density at radius 2 is 1.50 bits per heavy atom. The Kier molecular flexibility index (Phi) is 6.42. The van der Waals surface area contributed by atoms with E-state index in [1.807, 2.05) is 6.07 Å². The summed E-state index contributed by atoms with van der Waals surface area (Å²) in [5.41, 5.74) is -0.228. The summed E-state index contributed by atoms with van der Waals surface area (Å²) < 4.78 is 19.3. The van der Waals surface area contributed by atoms with Gasteiger partial charge in [0.25, 0.3) is 0 Å². The zero-order valence-electron chi connectivity index (χ0n) is 17.5. The number of ether oxygens (including phenoxy) is 1. The molecule has 5 heteroatoms. The molecule has 1 aliphatic carbocycles.